The number of piperidine rings is 1. The van der Waals surface area contributed by atoms with Gasteiger partial charge in [-0.2, -0.15) is 8.78 Å². The van der Waals surface area contributed by atoms with Crippen LogP contribution in [0.15, 0.2) is 0 Å². The Hall–Kier alpha value is -1.87. The van der Waals surface area contributed by atoms with Crippen LogP contribution in [0.3, 0.4) is 0 Å². The Bertz CT molecular complexity index is 461. The summed E-state index contributed by atoms with van der Waals surface area (Å²) in [7, 11) is 0. The molecule has 6 nitrogen and oxygen atoms in total. The molecule has 2 N–H and O–H groups in total. The summed E-state index contributed by atoms with van der Waals surface area (Å²) in [5.74, 6) is -7.31. The number of amides is 4. The number of carbonyl (C=O) groups is 3. The van der Waals surface area contributed by atoms with Crippen molar-refractivity contribution < 1.29 is 31.9 Å². The van der Waals surface area contributed by atoms with E-state index in [0.29, 0.717) is 4.90 Å². The molecule has 0 atom stereocenters. The van der Waals surface area contributed by atoms with E-state index in [4.69, 9.17) is 0 Å². The minimum atomic E-state index is -4.74. The van der Waals surface area contributed by atoms with Gasteiger partial charge in [0.1, 0.15) is 5.54 Å². The lowest BCUT2D eigenvalue weighted by atomic mass is 9.87. The second kappa shape index (κ2) is 4.60. The first kappa shape index (κ1) is 14.5. The molecule has 0 radical (unpaired) electrons. The molecule has 0 saturated carbocycles. The number of likely N-dealkylation sites (tertiary alicyclic amines) is 1. The summed E-state index contributed by atoms with van der Waals surface area (Å²) in [6, 6.07) is -0.701. The minimum absolute atomic E-state index is 0.102. The zero-order valence-corrected chi connectivity index (χ0v) is 10.1. The monoisotopic (exact) mass is 297 g/mol. The van der Waals surface area contributed by atoms with Crippen LogP contribution < -0.4 is 10.6 Å². The third kappa shape index (κ3) is 2.18. The molecule has 0 aromatic rings. The van der Waals surface area contributed by atoms with Crippen LogP contribution in [0.25, 0.3) is 0 Å². The maximum absolute atomic E-state index is 12.9. The average Bonchev–Trinajstić information content (AvgIpc) is 2.64. The maximum Gasteiger partial charge on any atom is 0.383 e. The first-order valence-electron chi connectivity index (χ1n) is 5.78. The Kier molecular flexibility index (Phi) is 3.34. The van der Waals surface area contributed by atoms with Gasteiger partial charge >= 0.3 is 18.4 Å². The van der Waals surface area contributed by atoms with Gasteiger partial charge in [-0.15, -0.1) is 0 Å². The average molecular weight is 297 g/mol. The van der Waals surface area contributed by atoms with E-state index < -0.39 is 35.7 Å². The number of alkyl halides is 4. The second-order valence-electron chi connectivity index (χ2n) is 4.71. The fourth-order valence-electron chi connectivity index (χ4n) is 2.28. The lowest BCUT2D eigenvalue weighted by Crippen LogP contribution is -2.58. The van der Waals surface area contributed by atoms with Gasteiger partial charge in [0.05, 0.1) is 0 Å². The van der Waals surface area contributed by atoms with Crippen molar-refractivity contribution in [3.8, 4) is 0 Å². The number of carbonyl (C=O) groups excluding carboxylic acids is 3. The van der Waals surface area contributed by atoms with Crippen LogP contribution in [0, 0.1) is 0 Å². The number of imide groups is 1. The topological polar surface area (TPSA) is 78.5 Å². The van der Waals surface area contributed by atoms with Gasteiger partial charge in [0.15, 0.2) is 0 Å². The Morgan fingerprint density at radius 1 is 1.25 bits per heavy atom. The lowest BCUT2D eigenvalue weighted by Gasteiger charge is -2.37. The van der Waals surface area contributed by atoms with Gasteiger partial charge in [0, 0.05) is 13.1 Å². The molecule has 4 amide bonds. The first-order valence-corrected chi connectivity index (χ1v) is 5.78. The minimum Gasteiger partial charge on any atom is -0.337 e. The largest absolute Gasteiger partial charge is 0.383 e. The second-order valence-corrected chi connectivity index (χ2v) is 4.71. The summed E-state index contributed by atoms with van der Waals surface area (Å²) < 4.78 is 50.1. The van der Waals surface area contributed by atoms with E-state index in [1.54, 1.807) is 0 Å². The van der Waals surface area contributed by atoms with E-state index in [9.17, 15) is 31.9 Å². The molecule has 2 saturated heterocycles. The molecule has 0 bridgehead atoms. The summed E-state index contributed by atoms with van der Waals surface area (Å²) in [4.78, 5) is 34.5. The van der Waals surface area contributed by atoms with Crippen LogP contribution in [0.4, 0.5) is 22.4 Å². The molecular formula is C10H11F4N3O3. The van der Waals surface area contributed by atoms with Crippen molar-refractivity contribution in [2.24, 2.45) is 0 Å². The van der Waals surface area contributed by atoms with Crippen LogP contribution in [0.2, 0.25) is 0 Å². The highest BCUT2D eigenvalue weighted by atomic mass is 19.3. The quantitative estimate of drug-likeness (QED) is 0.560. The SMILES string of the molecule is O=C1NC(=O)C2(CCN(C(=O)C(F)(F)C(F)F)CC2)N1. The maximum atomic E-state index is 12.9. The molecule has 0 aliphatic carbocycles. The predicted molar refractivity (Wildman–Crippen MR) is 56.2 cm³/mol. The third-order valence-electron chi connectivity index (χ3n) is 3.48. The van der Waals surface area contributed by atoms with Crippen molar-refractivity contribution in [3.05, 3.63) is 0 Å². The van der Waals surface area contributed by atoms with E-state index in [1.807, 2.05) is 5.32 Å². The Balaban J connectivity index is 2.03. The van der Waals surface area contributed by atoms with Gasteiger partial charge < -0.3 is 10.2 Å². The number of rotatable bonds is 2. The highest BCUT2D eigenvalue weighted by molar-refractivity contribution is 6.07. The van der Waals surface area contributed by atoms with Gasteiger partial charge in [-0.05, 0) is 12.8 Å². The van der Waals surface area contributed by atoms with E-state index in [1.165, 1.54) is 0 Å². The molecule has 10 heteroatoms. The van der Waals surface area contributed by atoms with E-state index in [-0.39, 0.29) is 25.9 Å². The highest BCUT2D eigenvalue weighted by Crippen LogP contribution is 2.30. The fourth-order valence-corrected chi connectivity index (χ4v) is 2.28. The molecule has 2 aliphatic heterocycles. The summed E-state index contributed by atoms with van der Waals surface area (Å²) in [6.07, 6.45) is -4.29. The van der Waals surface area contributed by atoms with Gasteiger partial charge in [0.2, 0.25) is 0 Å². The molecule has 2 heterocycles. The lowest BCUT2D eigenvalue weighted by molar-refractivity contribution is -0.182. The first-order chi connectivity index (χ1) is 9.19. The predicted octanol–water partition coefficient (Wildman–Crippen LogP) is 0.0874. The van der Waals surface area contributed by atoms with Gasteiger partial charge in [-0.1, -0.05) is 0 Å². The number of halogens is 4. The van der Waals surface area contributed by atoms with Gasteiger partial charge in [0.25, 0.3) is 11.8 Å². The van der Waals surface area contributed by atoms with Crippen LogP contribution in [-0.4, -0.2) is 53.7 Å². The van der Waals surface area contributed by atoms with Gasteiger partial charge in [-0.25, -0.2) is 13.6 Å². The van der Waals surface area contributed by atoms with Crippen LogP contribution >= 0.6 is 0 Å². The number of hydrogen-bond donors (Lipinski definition) is 2. The number of hydrogen-bond acceptors (Lipinski definition) is 3. The molecule has 20 heavy (non-hydrogen) atoms. The number of urea groups is 1. The Morgan fingerprint density at radius 3 is 2.20 bits per heavy atom. The van der Waals surface area contributed by atoms with Crippen LogP contribution in [-0.2, 0) is 9.59 Å². The molecule has 0 aromatic carbocycles. The van der Waals surface area contributed by atoms with Crippen molar-refractivity contribution in [1.82, 2.24) is 15.5 Å². The van der Waals surface area contributed by atoms with Crippen molar-refractivity contribution in [3.63, 3.8) is 0 Å². The Morgan fingerprint density at radius 2 is 1.80 bits per heavy atom. The standard InChI is InChI=1S/C10H11F4N3O3/c11-5(12)10(13,14)7(19)17-3-1-9(2-4-17)6(18)15-8(20)16-9/h5H,1-4H2,(H2,15,16,18,20). The summed E-state index contributed by atoms with van der Waals surface area (Å²) in [5, 5.41) is 4.38. The van der Waals surface area contributed by atoms with E-state index in [0.717, 1.165) is 0 Å². The Labute approximate surface area is 110 Å². The highest BCUT2D eigenvalue weighted by Gasteiger charge is 2.54. The van der Waals surface area contributed by atoms with Crippen molar-refractivity contribution in [1.29, 1.82) is 0 Å². The number of nitrogens with one attached hydrogen (secondary N) is 2. The molecule has 1 spiro atoms. The van der Waals surface area contributed by atoms with Crippen molar-refractivity contribution in [2.75, 3.05) is 13.1 Å². The molecular weight excluding hydrogens is 286 g/mol. The van der Waals surface area contributed by atoms with Gasteiger partial charge in [-0.3, -0.25) is 14.9 Å². The van der Waals surface area contributed by atoms with Crippen LogP contribution in [0.5, 0.6) is 0 Å². The zero-order chi connectivity index (χ0) is 15.1. The van der Waals surface area contributed by atoms with E-state index in [2.05, 4.69) is 5.32 Å². The smallest absolute Gasteiger partial charge is 0.337 e. The molecule has 112 valence electrons. The molecule has 0 aromatic heterocycles. The number of nitrogens with zero attached hydrogens (tertiary/aromatic N) is 1. The molecule has 0 unspecified atom stereocenters. The summed E-state index contributed by atoms with van der Waals surface area (Å²) >= 11 is 0. The fraction of sp³-hybridized carbons (Fsp3) is 0.700. The molecule has 2 rings (SSSR count). The molecule has 2 fully saturated rings. The zero-order valence-electron chi connectivity index (χ0n) is 10.1. The molecule has 2 aliphatic rings. The van der Waals surface area contributed by atoms with Crippen molar-refractivity contribution >= 4 is 17.8 Å². The normalized spacial score (nSPS) is 22.1. The van der Waals surface area contributed by atoms with Crippen molar-refractivity contribution in [2.45, 2.75) is 30.7 Å². The van der Waals surface area contributed by atoms with E-state index >= 15 is 0 Å². The third-order valence-corrected chi connectivity index (χ3v) is 3.48. The summed E-state index contributed by atoms with van der Waals surface area (Å²) in [6.45, 7) is -0.621. The summed E-state index contributed by atoms with van der Waals surface area (Å²) in [5.41, 5.74) is -1.24. The van der Waals surface area contributed by atoms with Crippen LogP contribution in [0.1, 0.15) is 12.8 Å².